The van der Waals surface area contributed by atoms with Crippen molar-refractivity contribution >= 4 is 40.0 Å². The zero-order chi connectivity index (χ0) is 15.5. The van der Waals surface area contributed by atoms with Gasteiger partial charge in [-0.3, -0.25) is 9.59 Å². The molecule has 9 heteroatoms. The number of aromatic nitrogens is 2. The maximum absolute atomic E-state index is 12.3. The van der Waals surface area contributed by atoms with Gasteiger partial charge in [0.25, 0.3) is 0 Å². The average molecular weight is 341 g/mol. The molecule has 2 fully saturated rings. The van der Waals surface area contributed by atoms with Crippen molar-refractivity contribution in [3.05, 3.63) is 0 Å². The molecule has 2 aliphatic heterocycles. The summed E-state index contributed by atoms with van der Waals surface area (Å²) >= 11 is 2.66. The molecule has 1 atom stereocenters. The minimum absolute atomic E-state index is 0.0927. The van der Waals surface area contributed by atoms with Crippen molar-refractivity contribution in [1.29, 1.82) is 0 Å². The van der Waals surface area contributed by atoms with Crippen LogP contribution in [0, 0.1) is 0 Å². The van der Waals surface area contributed by atoms with Gasteiger partial charge < -0.3 is 15.5 Å². The van der Waals surface area contributed by atoms with E-state index in [9.17, 15) is 9.59 Å². The number of nitrogens with zero attached hydrogens (tertiary/aromatic N) is 4. The molecule has 22 heavy (non-hydrogen) atoms. The molecule has 3 rings (SSSR count). The van der Waals surface area contributed by atoms with Crippen LogP contribution in [-0.4, -0.2) is 63.2 Å². The summed E-state index contributed by atoms with van der Waals surface area (Å²) in [6, 6.07) is 0.190. The summed E-state index contributed by atoms with van der Waals surface area (Å²) in [7, 11) is 0. The molecular weight excluding hydrogens is 322 g/mol. The van der Waals surface area contributed by atoms with Gasteiger partial charge in [0, 0.05) is 32.1 Å². The Morgan fingerprint density at radius 3 is 2.91 bits per heavy atom. The van der Waals surface area contributed by atoms with E-state index in [1.807, 2.05) is 9.80 Å². The molecule has 0 bridgehead atoms. The highest BCUT2D eigenvalue weighted by atomic mass is 32.2. The van der Waals surface area contributed by atoms with Crippen LogP contribution < -0.4 is 5.73 Å². The van der Waals surface area contributed by atoms with E-state index >= 15 is 0 Å². The normalized spacial score (nSPS) is 22.4. The van der Waals surface area contributed by atoms with E-state index in [4.69, 9.17) is 5.73 Å². The molecule has 1 aromatic rings. The molecule has 2 aliphatic rings. The van der Waals surface area contributed by atoms with E-state index in [1.54, 1.807) is 0 Å². The number of carbonyl (C=O) groups excluding carboxylic acids is 2. The standard InChI is InChI=1S/C13H19N5O2S2/c14-12-15-16-13(22-12)21-8-11(20)17-5-1-3-9(7-17)18-6-2-4-10(18)19/h9H,1-8H2,(H2,14,15). The summed E-state index contributed by atoms with van der Waals surface area (Å²) in [5, 5.41) is 8.06. The van der Waals surface area contributed by atoms with Crippen molar-refractivity contribution in [3.63, 3.8) is 0 Å². The number of nitrogen functional groups attached to an aromatic ring is 1. The number of hydrogen-bond donors (Lipinski definition) is 1. The fraction of sp³-hybridized carbons (Fsp3) is 0.692. The van der Waals surface area contributed by atoms with Gasteiger partial charge in [-0.1, -0.05) is 23.1 Å². The van der Waals surface area contributed by atoms with Crippen molar-refractivity contribution in [2.24, 2.45) is 0 Å². The number of carbonyl (C=O) groups is 2. The highest BCUT2D eigenvalue weighted by Crippen LogP contribution is 2.25. The lowest BCUT2D eigenvalue weighted by Gasteiger charge is -2.37. The van der Waals surface area contributed by atoms with Crippen molar-refractivity contribution in [1.82, 2.24) is 20.0 Å². The fourth-order valence-corrected chi connectivity index (χ4v) is 4.52. The van der Waals surface area contributed by atoms with Crippen molar-refractivity contribution < 1.29 is 9.59 Å². The summed E-state index contributed by atoms with van der Waals surface area (Å²) in [6.45, 7) is 2.27. The minimum Gasteiger partial charge on any atom is -0.374 e. The van der Waals surface area contributed by atoms with E-state index in [0.29, 0.717) is 28.2 Å². The Hall–Kier alpha value is -1.35. The van der Waals surface area contributed by atoms with E-state index in [1.165, 1.54) is 23.1 Å². The third kappa shape index (κ3) is 3.52. The van der Waals surface area contributed by atoms with Crippen molar-refractivity contribution in [2.45, 2.75) is 36.1 Å². The zero-order valence-corrected chi connectivity index (χ0v) is 13.9. The molecule has 1 unspecified atom stereocenters. The summed E-state index contributed by atoms with van der Waals surface area (Å²) in [5.41, 5.74) is 5.53. The first kappa shape index (κ1) is 15.5. The van der Waals surface area contributed by atoms with Gasteiger partial charge in [-0.2, -0.15) is 0 Å². The molecule has 0 aliphatic carbocycles. The van der Waals surface area contributed by atoms with Gasteiger partial charge in [-0.05, 0) is 19.3 Å². The number of likely N-dealkylation sites (tertiary alicyclic amines) is 2. The number of thioether (sulfide) groups is 1. The van der Waals surface area contributed by atoms with E-state index in [0.717, 1.165) is 32.4 Å². The molecule has 0 radical (unpaired) electrons. The molecule has 0 saturated carbocycles. The van der Waals surface area contributed by atoms with Gasteiger partial charge in [0.1, 0.15) is 0 Å². The van der Waals surface area contributed by atoms with Crippen LogP contribution in [0.4, 0.5) is 5.13 Å². The second-order valence-electron chi connectivity index (χ2n) is 5.52. The lowest BCUT2D eigenvalue weighted by Crippen LogP contribution is -2.50. The number of hydrogen-bond acceptors (Lipinski definition) is 7. The van der Waals surface area contributed by atoms with Crippen molar-refractivity contribution in [3.8, 4) is 0 Å². The van der Waals surface area contributed by atoms with Crippen LogP contribution in [0.3, 0.4) is 0 Å². The predicted molar refractivity (Wildman–Crippen MR) is 85.6 cm³/mol. The Kier molecular flexibility index (Phi) is 4.82. The maximum atomic E-state index is 12.3. The van der Waals surface area contributed by atoms with Gasteiger partial charge in [0.05, 0.1) is 5.75 Å². The number of anilines is 1. The summed E-state index contributed by atoms with van der Waals surface area (Å²) < 4.78 is 0.717. The maximum Gasteiger partial charge on any atom is 0.233 e. The second kappa shape index (κ2) is 6.82. The quantitative estimate of drug-likeness (QED) is 0.815. The Balaban J connectivity index is 1.52. The van der Waals surface area contributed by atoms with Gasteiger partial charge in [-0.15, -0.1) is 10.2 Å². The average Bonchev–Trinajstić information content (AvgIpc) is 3.13. The molecule has 2 saturated heterocycles. The third-order valence-electron chi connectivity index (χ3n) is 4.04. The van der Waals surface area contributed by atoms with Crippen LogP contribution in [-0.2, 0) is 9.59 Å². The van der Waals surface area contributed by atoms with Crippen LogP contribution >= 0.6 is 23.1 Å². The highest BCUT2D eigenvalue weighted by Gasteiger charge is 2.32. The Morgan fingerprint density at radius 1 is 1.36 bits per heavy atom. The monoisotopic (exact) mass is 341 g/mol. The lowest BCUT2D eigenvalue weighted by molar-refractivity contribution is -0.135. The summed E-state index contributed by atoms with van der Waals surface area (Å²) in [4.78, 5) is 28.0. The SMILES string of the molecule is Nc1nnc(SCC(=O)N2CCCC(N3CCCC3=O)C2)s1. The first-order valence-electron chi connectivity index (χ1n) is 7.42. The topological polar surface area (TPSA) is 92.4 Å². The summed E-state index contributed by atoms with van der Waals surface area (Å²) in [6.07, 6.45) is 3.54. The Bertz CT molecular complexity index is 564. The Morgan fingerprint density at radius 2 is 2.23 bits per heavy atom. The number of nitrogens with two attached hydrogens (primary N) is 1. The number of rotatable bonds is 4. The van der Waals surface area contributed by atoms with Gasteiger partial charge in [0.15, 0.2) is 4.34 Å². The molecule has 120 valence electrons. The fourth-order valence-electron chi connectivity index (χ4n) is 2.98. The molecule has 0 aromatic carbocycles. The van der Waals surface area contributed by atoms with Gasteiger partial charge >= 0.3 is 0 Å². The minimum atomic E-state index is 0.0927. The van der Waals surface area contributed by atoms with Crippen molar-refractivity contribution in [2.75, 3.05) is 31.1 Å². The molecule has 1 aromatic heterocycles. The van der Waals surface area contributed by atoms with Gasteiger partial charge in [0.2, 0.25) is 16.9 Å². The third-order valence-corrected chi connectivity index (χ3v) is 5.91. The summed E-state index contributed by atoms with van der Waals surface area (Å²) in [5.74, 6) is 0.670. The molecule has 7 nitrogen and oxygen atoms in total. The molecule has 0 spiro atoms. The molecular formula is C13H19N5O2S2. The first-order chi connectivity index (χ1) is 10.6. The van der Waals surface area contributed by atoms with Crippen LogP contribution in [0.2, 0.25) is 0 Å². The molecule has 2 N–H and O–H groups in total. The predicted octanol–water partition coefficient (Wildman–Crippen LogP) is 0.826. The number of amides is 2. The Labute approximate surface area is 137 Å². The van der Waals surface area contributed by atoms with E-state index < -0.39 is 0 Å². The second-order valence-corrected chi connectivity index (χ2v) is 7.75. The largest absolute Gasteiger partial charge is 0.374 e. The molecule has 2 amide bonds. The van der Waals surface area contributed by atoms with Crippen LogP contribution in [0.25, 0.3) is 0 Å². The lowest BCUT2D eigenvalue weighted by atomic mass is 10.0. The van der Waals surface area contributed by atoms with Crippen LogP contribution in [0.15, 0.2) is 4.34 Å². The zero-order valence-electron chi connectivity index (χ0n) is 12.2. The smallest absolute Gasteiger partial charge is 0.233 e. The van der Waals surface area contributed by atoms with E-state index in [2.05, 4.69) is 10.2 Å². The highest BCUT2D eigenvalue weighted by molar-refractivity contribution is 8.01. The first-order valence-corrected chi connectivity index (χ1v) is 9.22. The van der Waals surface area contributed by atoms with Crippen LogP contribution in [0.1, 0.15) is 25.7 Å². The van der Waals surface area contributed by atoms with E-state index in [-0.39, 0.29) is 17.9 Å². The van der Waals surface area contributed by atoms with Gasteiger partial charge in [-0.25, -0.2) is 0 Å². The van der Waals surface area contributed by atoms with Crippen LogP contribution in [0.5, 0.6) is 0 Å². The molecule has 3 heterocycles. The number of piperidine rings is 1.